The standard InChI is InChI=1S/C67H75ClN2O15S/c1-38-60(74)41(34-54(84-38)85-50-36-67(79,53(73)37-71)35-44-56(50)64(78)58-57(62(44)76)61(75)43-20-16-25-49(83-6)55(43)63(58)77)33-42(72)19-11-12-30-69-47-23-9-7-21-45(47)65(2,3)51(69)28-26-39-17-15-18-40(59(39)68)27-29-52-66(4,5)46-22-8-10-24-48(46)70(52)31-13-14-32-86(80,81)82/h7-10,16,20-29,38,41,50,54,60,71,74,79H,11-15,17-19,30-37H2,1-6H3,(H2-,75,76,77,78,80,81,82)/p+1/t38-,41-,50-,54-,60-,67-/m0/s1. The lowest BCUT2D eigenvalue weighted by molar-refractivity contribution is -0.438. The summed E-state index contributed by atoms with van der Waals surface area (Å²) in [6.45, 7) is 10.5. The van der Waals surface area contributed by atoms with Crippen molar-refractivity contribution >= 4 is 61.9 Å². The number of carbonyl (C=O) groups excluding carboxylic acids is 4. The monoisotopic (exact) mass is 1220 g/mol. The number of aliphatic hydroxyl groups is 3. The summed E-state index contributed by atoms with van der Waals surface area (Å²) >= 11 is 7.32. The number of nitrogens with zero attached hydrogens (tertiary/aromatic N) is 2. The quantitative estimate of drug-likeness (QED) is 0.0183. The first kappa shape index (κ1) is 62.4. The van der Waals surface area contributed by atoms with Crippen LogP contribution in [0.2, 0.25) is 0 Å². The highest BCUT2D eigenvalue weighted by Gasteiger charge is 2.51. The zero-order valence-corrected chi connectivity index (χ0v) is 51.0. The number of Topliss-reactive ketones (excluding diaryl/α,β-unsaturated/α-hetero) is 2. The number of unbranched alkanes of at least 4 members (excludes halogenated alkanes) is 2. The molecule has 0 bridgehead atoms. The van der Waals surface area contributed by atoms with Crippen molar-refractivity contribution in [2.24, 2.45) is 5.92 Å². The lowest BCUT2D eigenvalue weighted by atomic mass is 9.72. The summed E-state index contributed by atoms with van der Waals surface area (Å²) in [5.74, 6) is -5.03. The summed E-state index contributed by atoms with van der Waals surface area (Å²) in [6, 6.07) is 20.9. The van der Waals surface area contributed by atoms with Gasteiger partial charge in [-0.15, -0.1) is 0 Å². The average molecular weight is 1220 g/mol. The number of phenols is 2. The predicted octanol–water partition coefficient (Wildman–Crippen LogP) is 10.0. The van der Waals surface area contributed by atoms with Gasteiger partial charge in [0.25, 0.3) is 10.1 Å². The maximum atomic E-state index is 14.2. The normalized spacial score (nSPS) is 25.0. The maximum Gasteiger partial charge on any atom is 0.264 e. The molecular formula is C67H76ClN2O15S+. The van der Waals surface area contributed by atoms with E-state index in [2.05, 4.69) is 85.7 Å². The highest BCUT2D eigenvalue weighted by molar-refractivity contribution is 7.85. The summed E-state index contributed by atoms with van der Waals surface area (Å²) in [6.07, 6.45) is 7.63. The molecule has 6 aliphatic rings. The molecule has 86 heavy (non-hydrogen) atoms. The number of phenolic OH excluding ortho intramolecular Hbond substituents is 2. The fourth-order valence-electron chi connectivity index (χ4n) is 13.9. The number of para-hydroxylation sites is 2. The number of ketones is 4. The number of aromatic hydroxyl groups is 2. The van der Waals surface area contributed by atoms with E-state index < -0.39 is 106 Å². The molecule has 0 saturated carbocycles. The number of allylic oxidation sites excluding steroid dienone is 8. The van der Waals surface area contributed by atoms with Crippen LogP contribution < -0.4 is 9.64 Å². The number of aliphatic hydroxyl groups excluding tert-OH is 2. The molecule has 4 aromatic carbocycles. The first-order chi connectivity index (χ1) is 40.8. The zero-order chi connectivity index (χ0) is 61.8. The van der Waals surface area contributed by atoms with E-state index in [1.807, 2.05) is 24.3 Å². The fourth-order valence-corrected chi connectivity index (χ4v) is 14.8. The van der Waals surface area contributed by atoms with Crippen LogP contribution in [0.15, 0.2) is 113 Å². The molecule has 456 valence electrons. The summed E-state index contributed by atoms with van der Waals surface area (Å²) in [5, 5.41) is 57.7. The maximum absolute atomic E-state index is 14.2. The van der Waals surface area contributed by atoms with Crippen LogP contribution in [0.5, 0.6) is 17.2 Å². The van der Waals surface area contributed by atoms with Crippen LogP contribution in [0.25, 0.3) is 0 Å². The third-order valence-corrected chi connectivity index (χ3v) is 19.7. The van der Waals surface area contributed by atoms with Gasteiger partial charge in [-0.1, -0.05) is 86.1 Å². The zero-order valence-electron chi connectivity index (χ0n) is 49.4. The van der Waals surface area contributed by atoms with Crippen molar-refractivity contribution < 1.29 is 76.5 Å². The molecule has 17 nitrogen and oxygen atoms in total. The van der Waals surface area contributed by atoms with E-state index in [4.69, 9.17) is 25.8 Å². The number of carbonyl (C=O) groups is 4. The Morgan fingerprint density at radius 2 is 1.59 bits per heavy atom. The number of halogens is 1. The van der Waals surface area contributed by atoms with Crippen molar-refractivity contribution in [3.8, 4) is 17.2 Å². The number of fused-ring (bicyclic) bond motifs is 5. The van der Waals surface area contributed by atoms with E-state index in [0.717, 1.165) is 53.2 Å². The van der Waals surface area contributed by atoms with Gasteiger partial charge in [0.15, 0.2) is 23.6 Å². The summed E-state index contributed by atoms with van der Waals surface area (Å²) in [7, 11) is -2.73. The third-order valence-electron chi connectivity index (χ3n) is 18.4. The first-order valence-corrected chi connectivity index (χ1v) is 31.6. The van der Waals surface area contributed by atoms with Gasteiger partial charge >= 0.3 is 0 Å². The molecule has 1 saturated heterocycles. The number of anilines is 1. The molecule has 0 spiro atoms. The van der Waals surface area contributed by atoms with Crippen LogP contribution in [0.3, 0.4) is 0 Å². The highest BCUT2D eigenvalue weighted by Crippen LogP contribution is 2.54. The van der Waals surface area contributed by atoms with E-state index in [1.54, 1.807) is 6.92 Å². The molecule has 4 aromatic rings. The number of hydrogen-bond acceptors (Lipinski definition) is 15. The molecule has 19 heteroatoms. The van der Waals surface area contributed by atoms with Crippen molar-refractivity contribution in [3.05, 3.63) is 157 Å². The Bertz CT molecular complexity index is 3710. The minimum Gasteiger partial charge on any atom is -0.507 e. The van der Waals surface area contributed by atoms with Crippen molar-refractivity contribution in [2.45, 2.75) is 153 Å². The van der Waals surface area contributed by atoms with Crippen molar-refractivity contribution in [2.75, 3.05) is 37.5 Å². The molecule has 0 aromatic heterocycles. The second-order valence-corrected chi connectivity index (χ2v) is 26.6. The molecule has 0 amide bonds. The molecule has 6 atom stereocenters. The summed E-state index contributed by atoms with van der Waals surface area (Å²) in [5.41, 5.74) is 4.09. The second kappa shape index (κ2) is 24.5. The van der Waals surface area contributed by atoms with Crippen molar-refractivity contribution in [1.82, 2.24) is 0 Å². The smallest absolute Gasteiger partial charge is 0.264 e. The van der Waals surface area contributed by atoms with E-state index in [1.165, 1.54) is 36.4 Å². The number of rotatable bonds is 20. The van der Waals surface area contributed by atoms with Gasteiger partial charge in [0.2, 0.25) is 11.5 Å². The Morgan fingerprint density at radius 1 is 0.872 bits per heavy atom. The number of hydrogen-bond donors (Lipinski definition) is 6. The lowest BCUT2D eigenvalue weighted by Gasteiger charge is -2.42. The minimum absolute atomic E-state index is 0.0211. The molecule has 6 N–H and O–H groups in total. The van der Waals surface area contributed by atoms with Gasteiger partial charge in [0.05, 0.1) is 53.3 Å². The van der Waals surface area contributed by atoms with Crippen LogP contribution >= 0.6 is 11.6 Å². The van der Waals surface area contributed by atoms with Crippen LogP contribution in [0.4, 0.5) is 11.4 Å². The molecule has 0 radical (unpaired) electrons. The summed E-state index contributed by atoms with van der Waals surface area (Å²) < 4.78 is 52.5. The number of benzene rings is 4. The Balaban J connectivity index is 0.826. The van der Waals surface area contributed by atoms with Crippen LogP contribution in [0.1, 0.15) is 165 Å². The Kier molecular flexibility index (Phi) is 17.8. The van der Waals surface area contributed by atoms with Gasteiger partial charge in [0, 0.05) is 101 Å². The van der Waals surface area contributed by atoms with Gasteiger partial charge in [-0.2, -0.15) is 13.0 Å². The minimum atomic E-state index is -4.06. The Morgan fingerprint density at radius 3 is 2.33 bits per heavy atom. The van der Waals surface area contributed by atoms with Crippen LogP contribution in [0, 0.1) is 5.92 Å². The number of methoxy groups -OCH3 is 1. The first-order valence-electron chi connectivity index (χ1n) is 29.6. The molecule has 0 unspecified atom stereocenters. The van der Waals surface area contributed by atoms with Crippen LogP contribution in [-0.2, 0) is 46.4 Å². The average Bonchev–Trinajstić information content (AvgIpc) is 1.01. The second-order valence-electron chi connectivity index (χ2n) is 24.7. The van der Waals surface area contributed by atoms with E-state index in [0.29, 0.717) is 43.8 Å². The van der Waals surface area contributed by atoms with Crippen molar-refractivity contribution in [3.63, 3.8) is 0 Å². The predicted molar refractivity (Wildman–Crippen MR) is 325 cm³/mol. The Labute approximate surface area is 506 Å². The SMILES string of the molecule is COc1cccc2c1C(=O)c1c(O)c3c(c(O)c1C2=O)C[C@@](O)(C(=O)CO)C[C@@H]3O[C@H]1C[C@H](CC(=O)CCCCN2/C(=C/C=C3\CCCC(/C=C/C4=[N+](CCCCS(=O)(=O)O)c5ccccc5C4(C)C)=C3Cl)C(C)(C)c3ccccc32)[C@@H](O)[C@H](C)O1. The van der Waals surface area contributed by atoms with Crippen molar-refractivity contribution in [1.29, 1.82) is 0 Å². The van der Waals surface area contributed by atoms with Gasteiger partial charge < -0.3 is 44.6 Å². The van der Waals surface area contributed by atoms with E-state index in [-0.39, 0.29) is 69.6 Å². The fraction of sp³-hybridized carbons (Fsp3) is 0.448. The van der Waals surface area contributed by atoms with Gasteiger partial charge in [-0.05, 0) is 100 Å². The van der Waals surface area contributed by atoms with Gasteiger partial charge in [-0.25, -0.2) is 0 Å². The molecule has 1 fully saturated rings. The molecule has 3 aliphatic heterocycles. The van der Waals surface area contributed by atoms with Gasteiger partial charge in [0.1, 0.15) is 41.8 Å². The highest BCUT2D eigenvalue weighted by atomic mass is 35.5. The molecule has 3 heterocycles. The third kappa shape index (κ3) is 11.7. The van der Waals surface area contributed by atoms with E-state index >= 15 is 0 Å². The van der Waals surface area contributed by atoms with E-state index in [9.17, 15) is 57.7 Å². The lowest BCUT2D eigenvalue weighted by Crippen LogP contribution is -2.49. The van der Waals surface area contributed by atoms with Crippen LogP contribution in [-0.4, -0.2) is 129 Å². The molecular weight excluding hydrogens is 1140 g/mol. The largest absolute Gasteiger partial charge is 0.507 e. The molecule has 10 rings (SSSR count). The Hall–Kier alpha value is -6.61. The number of ether oxygens (including phenoxy) is 3. The molecule has 3 aliphatic carbocycles. The summed E-state index contributed by atoms with van der Waals surface area (Å²) in [4.78, 5) is 57.6. The topological polar surface area (TPSA) is 258 Å². The van der Waals surface area contributed by atoms with Gasteiger partial charge in [-0.3, -0.25) is 23.7 Å².